The van der Waals surface area contributed by atoms with Crippen LogP contribution in [-0.4, -0.2) is 11.8 Å². The summed E-state index contributed by atoms with van der Waals surface area (Å²) in [6.45, 7) is 0. The molecule has 0 fully saturated rings. The standard InChI is InChI=1S/C20H26N4O2/c25-19(23-21-17-11-5-3-6-12-17)15-9-1-2-10-16-20(26)24-22-18-13-7-4-8-14-18/h3-8,11-14,21-22H,1-2,9-10,15-16H2,(H,23,25)(H,24,26). The highest BCUT2D eigenvalue weighted by Gasteiger charge is 2.03. The number of para-hydroxylation sites is 2. The van der Waals surface area contributed by atoms with E-state index < -0.39 is 0 Å². The van der Waals surface area contributed by atoms with Crippen LogP contribution in [0.3, 0.4) is 0 Å². The monoisotopic (exact) mass is 354 g/mol. The van der Waals surface area contributed by atoms with Crippen molar-refractivity contribution < 1.29 is 9.59 Å². The Morgan fingerprint density at radius 2 is 0.962 bits per heavy atom. The Morgan fingerprint density at radius 3 is 1.35 bits per heavy atom. The summed E-state index contributed by atoms with van der Waals surface area (Å²) >= 11 is 0. The van der Waals surface area contributed by atoms with Gasteiger partial charge < -0.3 is 0 Å². The summed E-state index contributed by atoms with van der Waals surface area (Å²) in [5.41, 5.74) is 12.8. The first-order chi connectivity index (χ1) is 12.7. The van der Waals surface area contributed by atoms with E-state index in [1.54, 1.807) is 0 Å². The molecular weight excluding hydrogens is 328 g/mol. The van der Waals surface area contributed by atoms with E-state index in [-0.39, 0.29) is 11.8 Å². The van der Waals surface area contributed by atoms with E-state index in [2.05, 4.69) is 21.7 Å². The molecule has 0 heterocycles. The van der Waals surface area contributed by atoms with Crippen molar-refractivity contribution in [2.75, 3.05) is 10.9 Å². The zero-order chi connectivity index (χ0) is 18.5. The zero-order valence-electron chi connectivity index (χ0n) is 14.8. The van der Waals surface area contributed by atoms with Crippen LogP contribution in [0.15, 0.2) is 60.7 Å². The Hall–Kier alpha value is -3.02. The van der Waals surface area contributed by atoms with Gasteiger partial charge in [0, 0.05) is 12.8 Å². The summed E-state index contributed by atoms with van der Waals surface area (Å²) in [6.07, 6.45) is 4.43. The molecule has 0 saturated heterocycles. The van der Waals surface area contributed by atoms with Gasteiger partial charge in [0.1, 0.15) is 0 Å². The van der Waals surface area contributed by atoms with Crippen molar-refractivity contribution in [3.05, 3.63) is 60.7 Å². The fourth-order valence-electron chi connectivity index (χ4n) is 2.38. The van der Waals surface area contributed by atoms with Gasteiger partial charge in [-0.1, -0.05) is 49.2 Å². The molecule has 6 nitrogen and oxygen atoms in total. The third-order valence-electron chi connectivity index (χ3n) is 3.80. The van der Waals surface area contributed by atoms with E-state index in [0.717, 1.165) is 37.1 Å². The molecule has 6 heteroatoms. The number of unbranched alkanes of at least 4 members (excludes halogenated alkanes) is 3. The van der Waals surface area contributed by atoms with Crippen LogP contribution in [0.1, 0.15) is 38.5 Å². The smallest absolute Gasteiger partial charge is 0.238 e. The van der Waals surface area contributed by atoms with Crippen molar-refractivity contribution >= 4 is 23.2 Å². The SMILES string of the molecule is O=C(CCCCCCC(=O)NNc1ccccc1)NNc1ccccc1. The predicted molar refractivity (Wildman–Crippen MR) is 104 cm³/mol. The van der Waals surface area contributed by atoms with Gasteiger partial charge in [0.2, 0.25) is 11.8 Å². The molecule has 2 rings (SSSR count). The zero-order valence-corrected chi connectivity index (χ0v) is 14.8. The molecule has 0 atom stereocenters. The maximum absolute atomic E-state index is 11.7. The van der Waals surface area contributed by atoms with Crippen molar-refractivity contribution in [3.8, 4) is 0 Å². The molecule has 0 bridgehead atoms. The fourth-order valence-corrected chi connectivity index (χ4v) is 2.38. The van der Waals surface area contributed by atoms with Crippen molar-refractivity contribution in [2.45, 2.75) is 38.5 Å². The molecule has 0 unspecified atom stereocenters. The van der Waals surface area contributed by atoms with Gasteiger partial charge in [-0.2, -0.15) is 0 Å². The van der Waals surface area contributed by atoms with E-state index in [4.69, 9.17) is 0 Å². The van der Waals surface area contributed by atoms with Crippen molar-refractivity contribution in [2.24, 2.45) is 0 Å². The first-order valence-electron chi connectivity index (χ1n) is 8.94. The van der Waals surface area contributed by atoms with Gasteiger partial charge in [0.15, 0.2) is 0 Å². The van der Waals surface area contributed by atoms with Gasteiger partial charge in [0.05, 0.1) is 11.4 Å². The van der Waals surface area contributed by atoms with Crippen LogP contribution in [0.4, 0.5) is 11.4 Å². The number of amides is 2. The minimum absolute atomic E-state index is 0.0290. The van der Waals surface area contributed by atoms with E-state index in [0.29, 0.717) is 12.8 Å². The summed E-state index contributed by atoms with van der Waals surface area (Å²) in [6, 6.07) is 19.0. The van der Waals surface area contributed by atoms with Crippen molar-refractivity contribution in [3.63, 3.8) is 0 Å². The summed E-state index contributed by atoms with van der Waals surface area (Å²) in [4.78, 5) is 23.5. The largest absolute Gasteiger partial charge is 0.299 e. The van der Waals surface area contributed by atoms with Crippen LogP contribution in [0, 0.1) is 0 Å². The molecule has 0 saturated carbocycles. The number of rotatable bonds is 11. The lowest BCUT2D eigenvalue weighted by Gasteiger charge is -2.09. The Labute approximate surface area is 154 Å². The fraction of sp³-hybridized carbons (Fsp3) is 0.300. The van der Waals surface area contributed by atoms with Gasteiger partial charge in [0.25, 0.3) is 0 Å². The highest BCUT2D eigenvalue weighted by Crippen LogP contribution is 2.07. The number of carbonyl (C=O) groups excluding carboxylic acids is 2. The molecule has 0 radical (unpaired) electrons. The number of hydrogen-bond donors (Lipinski definition) is 4. The molecule has 2 amide bonds. The number of hydrogen-bond acceptors (Lipinski definition) is 4. The second-order valence-electron chi connectivity index (χ2n) is 5.99. The Kier molecular flexibility index (Phi) is 8.55. The Balaban J connectivity index is 1.45. The van der Waals surface area contributed by atoms with E-state index >= 15 is 0 Å². The number of benzene rings is 2. The minimum Gasteiger partial charge on any atom is -0.299 e. The summed E-state index contributed by atoms with van der Waals surface area (Å²) < 4.78 is 0. The van der Waals surface area contributed by atoms with E-state index in [1.807, 2.05) is 60.7 Å². The number of hydrazine groups is 2. The van der Waals surface area contributed by atoms with Crippen molar-refractivity contribution in [1.29, 1.82) is 0 Å². The lowest BCUT2D eigenvalue weighted by atomic mass is 10.1. The highest BCUT2D eigenvalue weighted by molar-refractivity contribution is 5.77. The van der Waals surface area contributed by atoms with Crippen LogP contribution in [0.25, 0.3) is 0 Å². The minimum atomic E-state index is -0.0290. The topological polar surface area (TPSA) is 82.3 Å². The summed E-state index contributed by atoms with van der Waals surface area (Å²) in [5, 5.41) is 0. The van der Waals surface area contributed by atoms with Crippen LogP contribution in [0.2, 0.25) is 0 Å². The molecule has 0 aliphatic heterocycles. The van der Waals surface area contributed by atoms with Crippen molar-refractivity contribution in [1.82, 2.24) is 10.9 Å². The average Bonchev–Trinajstić information content (AvgIpc) is 2.69. The van der Waals surface area contributed by atoms with Gasteiger partial charge in [-0.25, -0.2) is 0 Å². The quantitative estimate of drug-likeness (QED) is 0.367. The third-order valence-corrected chi connectivity index (χ3v) is 3.80. The van der Waals surface area contributed by atoms with Crippen LogP contribution >= 0.6 is 0 Å². The van der Waals surface area contributed by atoms with E-state index in [9.17, 15) is 9.59 Å². The second-order valence-corrected chi connectivity index (χ2v) is 5.99. The van der Waals surface area contributed by atoms with Gasteiger partial charge >= 0.3 is 0 Å². The average molecular weight is 354 g/mol. The van der Waals surface area contributed by atoms with E-state index in [1.165, 1.54) is 0 Å². The third kappa shape index (κ3) is 8.19. The lowest BCUT2D eigenvalue weighted by molar-refractivity contribution is -0.121. The lowest BCUT2D eigenvalue weighted by Crippen LogP contribution is -2.29. The molecule has 0 spiro atoms. The first kappa shape index (κ1) is 19.3. The van der Waals surface area contributed by atoms with Gasteiger partial charge in [-0.3, -0.25) is 31.3 Å². The Morgan fingerprint density at radius 1 is 0.577 bits per heavy atom. The van der Waals surface area contributed by atoms with Crippen LogP contribution in [-0.2, 0) is 9.59 Å². The first-order valence-corrected chi connectivity index (χ1v) is 8.94. The van der Waals surface area contributed by atoms with Crippen LogP contribution < -0.4 is 21.7 Å². The second kappa shape index (κ2) is 11.5. The molecule has 0 aliphatic rings. The maximum atomic E-state index is 11.7. The number of anilines is 2. The number of nitrogens with one attached hydrogen (secondary N) is 4. The molecule has 4 N–H and O–H groups in total. The molecule has 2 aromatic rings. The highest BCUT2D eigenvalue weighted by atomic mass is 16.2. The molecular formula is C20H26N4O2. The molecule has 0 aliphatic carbocycles. The Bertz CT molecular complexity index is 603. The maximum Gasteiger partial charge on any atom is 0.238 e. The molecule has 138 valence electrons. The molecule has 26 heavy (non-hydrogen) atoms. The summed E-state index contributed by atoms with van der Waals surface area (Å²) in [7, 11) is 0. The normalized spacial score (nSPS) is 10.0. The van der Waals surface area contributed by atoms with Crippen LogP contribution in [0.5, 0.6) is 0 Å². The molecule has 0 aromatic heterocycles. The van der Waals surface area contributed by atoms with Gasteiger partial charge in [-0.15, -0.1) is 0 Å². The summed E-state index contributed by atoms with van der Waals surface area (Å²) in [5.74, 6) is -0.0580. The molecule has 2 aromatic carbocycles. The van der Waals surface area contributed by atoms with Gasteiger partial charge in [-0.05, 0) is 37.1 Å². The number of carbonyl (C=O) groups is 2. The predicted octanol–water partition coefficient (Wildman–Crippen LogP) is 3.61.